The van der Waals surface area contributed by atoms with Crippen LogP contribution < -0.4 is 4.90 Å². The zero-order valence-electron chi connectivity index (χ0n) is 12.4. The van der Waals surface area contributed by atoms with Gasteiger partial charge >= 0.3 is 5.69 Å². The lowest BCUT2D eigenvalue weighted by atomic mass is 10.0. The molecule has 0 saturated carbocycles. The Bertz CT molecular complexity index is 499. The minimum absolute atomic E-state index is 0.255. The van der Waals surface area contributed by atoms with Gasteiger partial charge in [-0.1, -0.05) is 0 Å². The molecule has 0 radical (unpaired) electrons. The van der Waals surface area contributed by atoms with E-state index >= 15 is 0 Å². The van der Waals surface area contributed by atoms with Gasteiger partial charge in [-0.3, -0.25) is 15.0 Å². The third-order valence-electron chi connectivity index (χ3n) is 4.54. The second kappa shape index (κ2) is 6.29. The van der Waals surface area contributed by atoms with Crippen LogP contribution in [0.2, 0.25) is 0 Å². The lowest BCUT2D eigenvalue weighted by Crippen LogP contribution is -2.54. The first-order chi connectivity index (χ1) is 10.1. The molecule has 2 aliphatic rings. The quantitative estimate of drug-likeness (QED) is 0.630. The summed E-state index contributed by atoms with van der Waals surface area (Å²) in [5.41, 5.74) is 0.255. The Kier molecular flexibility index (Phi) is 4.42. The van der Waals surface area contributed by atoms with E-state index in [1.165, 1.54) is 30.7 Å². The highest BCUT2D eigenvalue weighted by Crippen LogP contribution is 2.34. The summed E-state index contributed by atoms with van der Waals surface area (Å²) in [7, 11) is 2.19. The van der Waals surface area contributed by atoms with Crippen molar-refractivity contribution in [3.63, 3.8) is 0 Å². The molecule has 21 heavy (non-hydrogen) atoms. The van der Waals surface area contributed by atoms with E-state index in [9.17, 15) is 10.1 Å². The van der Waals surface area contributed by atoms with E-state index in [0.717, 1.165) is 37.7 Å². The number of rotatable bonds is 3. The maximum absolute atomic E-state index is 11.0. The van der Waals surface area contributed by atoms with Crippen LogP contribution in [0.15, 0.2) is 11.4 Å². The van der Waals surface area contributed by atoms with Gasteiger partial charge in [-0.15, -0.1) is 11.3 Å². The van der Waals surface area contributed by atoms with Gasteiger partial charge in [0.15, 0.2) is 5.00 Å². The van der Waals surface area contributed by atoms with Gasteiger partial charge < -0.3 is 9.80 Å². The standard InChI is InChI=1S/C14H22N4O2S/c1-15-5-2-3-12(11-15)16-6-8-17(9-7-16)14-13(18(19)20)4-10-21-14/h4,10,12H,2-3,5-9,11H2,1H3/t12-/m0/s1. The van der Waals surface area contributed by atoms with Crippen LogP contribution in [0.4, 0.5) is 10.7 Å². The zero-order chi connectivity index (χ0) is 14.8. The Morgan fingerprint density at radius 2 is 2.05 bits per heavy atom. The van der Waals surface area contributed by atoms with Gasteiger partial charge in [-0.25, -0.2) is 0 Å². The third kappa shape index (κ3) is 3.20. The van der Waals surface area contributed by atoms with E-state index in [1.807, 2.05) is 5.38 Å². The highest BCUT2D eigenvalue weighted by atomic mass is 32.1. The molecule has 1 atom stereocenters. The molecule has 3 rings (SSSR count). The van der Waals surface area contributed by atoms with Crippen molar-refractivity contribution in [3.8, 4) is 0 Å². The molecule has 0 unspecified atom stereocenters. The van der Waals surface area contributed by atoms with Crippen LogP contribution in [0.5, 0.6) is 0 Å². The van der Waals surface area contributed by atoms with E-state index in [0.29, 0.717) is 6.04 Å². The van der Waals surface area contributed by atoms with Crippen molar-refractivity contribution < 1.29 is 4.92 Å². The molecule has 7 heteroatoms. The zero-order valence-corrected chi connectivity index (χ0v) is 13.2. The van der Waals surface area contributed by atoms with Gasteiger partial charge in [0, 0.05) is 44.8 Å². The number of hydrogen-bond donors (Lipinski definition) is 0. The topological polar surface area (TPSA) is 52.9 Å². The second-order valence-corrected chi connectivity index (χ2v) is 6.84. The maximum Gasteiger partial charge on any atom is 0.303 e. The number of nitro groups is 1. The molecule has 1 aromatic heterocycles. The molecule has 0 amide bonds. The van der Waals surface area contributed by atoms with E-state index < -0.39 is 0 Å². The number of likely N-dealkylation sites (N-methyl/N-ethyl adjacent to an activating group) is 1. The molecular formula is C14H22N4O2S. The van der Waals surface area contributed by atoms with E-state index in [-0.39, 0.29) is 10.6 Å². The van der Waals surface area contributed by atoms with E-state index in [1.54, 1.807) is 6.07 Å². The molecule has 0 spiro atoms. The molecule has 0 bridgehead atoms. The van der Waals surface area contributed by atoms with Crippen molar-refractivity contribution in [2.75, 3.05) is 51.2 Å². The van der Waals surface area contributed by atoms with Crippen molar-refractivity contribution in [2.45, 2.75) is 18.9 Å². The van der Waals surface area contributed by atoms with Crippen molar-refractivity contribution in [1.82, 2.24) is 9.80 Å². The summed E-state index contributed by atoms with van der Waals surface area (Å²) >= 11 is 1.48. The molecule has 2 saturated heterocycles. The van der Waals surface area contributed by atoms with Crippen LogP contribution in [-0.2, 0) is 0 Å². The summed E-state index contributed by atoms with van der Waals surface area (Å²) in [5, 5.41) is 13.7. The fourth-order valence-electron chi connectivity index (χ4n) is 3.40. The van der Waals surface area contributed by atoms with Gasteiger partial charge in [0.05, 0.1) is 4.92 Å². The van der Waals surface area contributed by atoms with Gasteiger partial charge in [0.25, 0.3) is 0 Å². The highest BCUT2D eigenvalue weighted by Gasteiger charge is 2.29. The highest BCUT2D eigenvalue weighted by molar-refractivity contribution is 7.14. The van der Waals surface area contributed by atoms with Crippen LogP contribution >= 0.6 is 11.3 Å². The Morgan fingerprint density at radius 1 is 1.29 bits per heavy atom. The predicted octanol–water partition coefficient (Wildman–Crippen LogP) is 1.87. The average Bonchev–Trinajstić information content (AvgIpc) is 2.97. The number of likely N-dealkylation sites (tertiary alicyclic amines) is 1. The van der Waals surface area contributed by atoms with E-state index in [4.69, 9.17) is 0 Å². The molecule has 0 aromatic carbocycles. The lowest BCUT2D eigenvalue weighted by molar-refractivity contribution is -0.383. The third-order valence-corrected chi connectivity index (χ3v) is 5.50. The van der Waals surface area contributed by atoms with Crippen LogP contribution in [0.25, 0.3) is 0 Å². The minimum atomic E-state index is -0.270. The van der Waals surface area contributed by atoms with Gasteiger partial charge in [-0.2, -0.15) is 0 Å². The van der Waals surface area contributed by atoms with Crippen molar-refractivity contribution in [1.29, 1.82) is 0 Å². The summed E-state index contributed by atoms with van der Waals surface area (Å²) in [5.74, 6) is 0. The molecule has 116 valence electrons. The first-order valence-corrected chi connectivity index (χ1v) is 8.42. The molecule has 1 aromatic rings. The molecule has 0 N–H and O–H groups in total. The predicted molar refractivity (Wildman–Crippen MR) is 85.3 cm³/mol. The summed E-state index contributed by atoms with van der Waals surface area (Å²) in [6.07, 6.45) is 2.56. The number of piperidine rings is 1. The maximum atomic E-state index is 11.0. The normalized spacial score (nSPS) is 25.2. The monoisotopic (exact) mass is 310 g/mol. The fourth-order valence-corrected chi connectivity index (χ4v) is 4.32. The number of anilines is 1. The average molecular weight is 310 g/mol. The minimum Gasteiger partial charge on any atom is -0.355 e. The summed E-state index contributed by atoms with van der Waals surface area (Å²) in [6.45, 7) is 6.15. The number of hydrogen-bond acceptors (Lipinski definition) is 6. The Labute approximate surface area is 129 Å². The van der Waals surface area contributed by atoms with Gasteiger partial charge in [-0.05, 0) is 31.8 Å². The number of piperazine rings is 1. The van der Waals surface area contributed by atoms with Crippen LogP contribution in [0.3, 0.4) is 0 Å². The first-order valence-electron chi connectivity index (χ1n) is 7.54. The Morgan fingerprint density at radius 3 is 2.71 bits per heavy atom. The van der Waals surface area contributed by atoms with Crippen molar-refractivity contribution in [2.24, 2.45) is 0 Å². The van der Waals surface area contributed by atoms with Crippen LogP contribution in [0, 0.1) is 10.1 Å². The molecule has 2 aliphatic heterocycles. The summed E-state index contributed by atoms with van der Waals surface area (Å²) in [4.78, 5) is 17.9. The van der Waals surface area contributed by atoms with E-state index in [2.05, 4.69) is 21.7 Å². The largest absolute Gasteiger partial charge is 0.355 e. The van der Waals surface area contributed by atoms with Crippen molar-refractivity contribution >= 4 is 22.0 Å². The molecule has 0 aliphatic carbocycles. The number of thiophene rings is 1. The fraction of sp³-hybridized carbons (Fsp3) is 0.714. The molecule has 3 heterocycles. The van der Waals surface area contributed by atoms with Gasteiger partial charge in [0.2, 0.25) is 0 Å². The first kappa shape index (κ1) is 14.7. The molecule has 6 nitrogen and oxygen atoms in total. The van der Waals surface area contributed by atoms with Crippen molar-refractivity contribution in [3.05, 3.63) is 21.6 Å². The SMILES string of the molecule is CN1CCC[C@H](N2CCN(c3sccc3[N+](=O)[O-])CC2)C1. The smallest absolute Gasteiger partial charge is 0.303 e. The second-order valence-electron chi connectivity index (χ2n) is 5.95. The Hall–Kier alpha value is -1.18. The Balaban J connectivity index is 1.60. The number of nitrogens with zero attached hydrogens (tertiary/aromatic N) is 4. The van der Waals surface area contributed by atoms with Crippen LogP contribution in [-0.4, -0.2) is 67.1 Å². The van der Waals surface area contributed by atoms with Gasteiger partial charge in [0.1, 0.15) is 0 Å². The molecule has 2 fully saturated rings. The molecular weight excluding hydrogens is 288 g/mol. The van der Waals surface area contributed by atoms with Crippen LogP contribution in [0.1, 0.15) is 12.8 Å². The summed E-state index contributed by atoms with van der Waals surface area (Å²) < 4.78 is 0. The lowest BCUT2D eigenvalue weighted by Gasteiger charge is -2.42. The summed E-state index contributed by atoms with van der Waals surface area (Å²) in [6, 6.07) is 2.27.